The summed E-state index contributed by atoms with van der Waals surface area (Å²) in [6, 6.07) is 10.9. The second-order valence-electron chi connectivity index (χ2n) is 5.45. The fourth-order valence-corrected chi connectivity index (χ4v) is 2.43. The normalized spacial score (nSPS) is 13.6. The molecule has 1 aliphatic heterocycles. The van der Waals surface area contributed by atoms with Gasteiger partial charge in [-0.1, -0.05) is 12.1 Å². The Balaban J connectivity index is 1.58. The van der Waals surface area contributed by atoms with Crippen molar-refractivity contribution in [1.82, 2.24) is 4.90 Å². The highest BCUT2D eigenvalue weighted by Crippen LogP contribution is 2.24. The summed E-state index contributed by atoms with van der Waals surface area (Å²) in [4.78, 5) is 35.5. The molecule has 25 heavy (non-hydrogen) atoms. The number of hydrogen-bond donors (Lipinski definition) is 1. The summed E-state index contributed by atoms with van der Waals surface area (Å²) in [6.45, 7) is 0.349. The summed E-state index contributed by atoms with van der Waals surface area (Å²) >= 11 is 0. The lowest BCUT2D eigenvalue weighted by Crippen LogP contribution is -2.54. The van der Waals surface area contributed by atoms with Crippen LogP contribution in [-0.4, -0.2) is 34.7 Å². The zero-order valence-electron chi connectivity index (χ0n) is 12.8. The first kappa shape index (κ1) is 16.2. The van der Waals surface area contributed by atoms with E-state index in [-0.39, 0.29) is 24.8 Å². The molecule has 126 valence electrons. The average molecular weight is 340 g/mol. The van der Waals surface area contributed by atoms with Gasteiger partial charge in [-0.3, -0.25) is 19.7 Å². The zero-order valence-corrected chi connectivity index (χ0v) is 12.8. The van der Waals surface area contributed by atoms with Crippen LogP contribution in [0.4, 0.5) is 11.6 Å². The average Bonchev–Trinajstić information content (AvgIpc) is 3.04. The number of hydrogen-bond acceptors (Lipinski definition) is 6. The number of carbonyl (C=O) groups excluding carboxylic acids is 2. The van der Waals surface area contributed by atoms with Crippen molar-refractivity contribution in [3.8, 4) is 6.07 Å². The molecule has 0 saturated carbocycles. The molecule has 0 spiro atoms. The van der Waals surface area contributed by atoms with Crippen LogP contribution in [0.2, 0.25) is 0 Å². The molecule has 2 heterocycles. The molecule has 1 saturated heterocycles. The van der Waals surface area contributed by atoms with Gasteiger partial charge in [0.1, 0.15) is 11.0 Å². The van der Waals surface area contributed by atoms with Gasteiger partial charge in [-0.05, 0) is 18.2 Å². The summed E-state index contributed by atoms with van der Waals surface area (Å²) in [7, 11) is 0. The third-order valence-corrected chi connectivity index (χ3v) is 3.83. The monoisotopic (exact) mass is 340 g/mol. The third-order valence-electron chi connectivity index (χ3n) is 3.83. The molecule has 1 aromatic carbocycles. The van der Waals surface area contributed by atoms with E-state index in [0.717, 1.165) is 6.07 Å². The molecule has 9 heteroatoms. The summed E-state index contributed by atoms with van der Waals surface area (Å²) < 4.78 is 4.86. The third kappa shape index (κ3) is 3.18. The Morgan fingerprint density at radius 1 is 1.28 bits per heavy atom. The second kappa shape index (κ2) is 6.45. The van der Waals surface area contributed by atoms with Gasteiger partial charge in [0, 0.05) is 13.1 Å². The van der Waals surface area contributed by atoms with Crippen molar-refractivity contribution in [3.05, 3.63) is 57.8 Å². The predicted octanol–water partition coefficient (Wildman–Crippen LogP) is 1.77. The number of nitro groups is 1. The van der Waals surface area contributed by atoms with Crippen molar-refractivity contribution in [3.63, 3.8) is 0 Å². The number of likely N-dealkylation sites (tertiary alicyclic amines) is 1. The lowest BCUT2D eigenvalue weighted by Gasteiger charge is -2.37. The van der Waals surface area contributed by atoms with E-state index >= 15 is 0 Å². The standard InChI is InChI=1S/C16H12N4O5/c17-7-10-3-1-2-4-12(10)18-15(21)11-8-19(9-11)16(22)13-5-6-14(25-13)20(23)24/h1-6,11H,8-9H2,(H,18,21). The highest BCUT2D eigenvalue weighted by atomic mass is 16.6. The summed E-state index contributed by atoms with van der Waals surface area (Å²) in [6.07, 6.45) is 0. The fourth-order valence-electron chi connectivity index (χ4n) is 2.43. The number of amides is 2. The Kier molecular flexibility index (Phi) is 4.18. The van der Waals surface area contributed by atoms with Crippen molar-refractivity contribution in [2.45, 2.75) is 0 Å². The summed E-state index contributed by atoms with van der Waals surface area (Å²) in [5.74, 6) is -1.86. The van der Waals surface area contributed by atoms with E-state index in [1.54, 1.807) is 24.3 Å². The van der Waals surface area contributed by atoms with E-state index < -0.39 is 22.6 Å². The molecule has 0 aliphatic carbocycles. The minimum Gasteiger partial charge on any atom is -0.395 e. The van der Waals surface area contributed by atoms with E-state index in [1.165, 1.54) is 11.0 Å². The number of nitrogens with zero attached hydrogens (tertiary/aromatic N) is 3. The van der Waals surface area contributed by atoms with Gasteiger partial charge in [-0.15, -0.1) is 0 Å². The van der Waals surface area contributed by atoms with Crippen LogP contribution >= 0.6 is 0 Å². The molecule has 1 aromatic heterocycles. The summed E-state index contributed by atoms with van der Waals surface area (Å²) in [5, 5.41) is 22.2. The number of rotatable bonds is 4. The molecule has 0 unspecified atom stereocenters. The van der Waals surface area contributed by atoms with Crippen molar-refractivity contribution in [1.29, 1.82) is 5.26 Å². The molecule has 1 fully saturated rings. The number of anilines is 1. The molecule has 0 atom stereocenters. The van der Waals surface area contributed by atoms with Gasteiger partial charge >= 0.3 is 5.88 Å². The molecule has 9 nitrogen and oxygen atoms in total. The second-order valence-corrected chi connectivity index (χ2v) is 5.45. The number of nitrogens with one attached hydrogen (secondary N) is 1. The molecule has 2 aromatic rings. The minimum absolute atomic E-state index is 0.139. The minimum atomic E-state index is -0.726. The van der Waals surface area contributed by atoms with Gasteiger partial charge in [-0.25, -0.2) is 0 Å². The van der Waals surface area contributed by atoms with E-state index in [2.05, 4.69) is 5.32 Å². The van der Waals surface area contributed by atoms with E-state index in [0.29, 0.717) is 11.3 Å². The largest absolute Gasteiger partial charge is 0.433 e. The van der Waals surface area contributed by atoms with Gasteiger partial charge < -0.3 is 14.6 Å². The highest BCUT2D eigenvalue weighted by molar-refractivity contribution is 5.98. The quantitative estimate of drug-likeness (QED) is 0.667. The molecule has 0 radical (unpaired) electrons. The Morgan fingerprint density at radius 2 is 2.00 bits per heavy atom. The van der Waals surface area contributed by atoms with Crippen LogP contribution in [-0.2, 0) is 4.79 Å². The molecule has 3 rings (SSSR count). The smallest absolute Gasteiger partial charge is 0.395 e. The first-order chi connectivity index (χ1) is 12.0. The van der Waals surface area contributed by atoms with Crippen molar-refractivity contribution >= 4 is 23.4 Å². The number of carbonyl (C=O) groups is 2. The molecule has 1 N–H and O–H groups in total. The van der Waals surface area contributed by atoms with Crippen molar-refractivity contribution in [2.75, 3.05) is 18.4 Å². The fraction of sp³-hybridized carbons (Fsp3) is 0.188. The van der Waals surface area contributed by atoms with Gasteiger partial charge in [0.2, 0.25) is 5.91 Å². The maximum atomic E-state index is 12.2. The lowest BCUT2D eigenvalue weighted by molar-refractivity contribution is -0.402. The number of benzene rings is 1. The topological polar surface area (TPSA) is 129 Å². The highest BCUT2D eigenvalue weighted by Gasteiger charge is 2.37. The van der Waals surface area contributed by atoms with Gasteiger partial charge in [-0.2, -0.15) is 5.26 Å². The van der Waals surface area contributed by atoms with Crippen LogP contribution in [0.15, 0.2) is 40.8 Å². The lowest BCUT2D eigenvalue weighted by atomic mass is 9.98. The molecule has 2 amide bonds. The molecule has 0 bridgehead atoms. The molecular formula is C16H12N4O5. The number of nitriles is 1. The maximum absolute atomic E-state index is 12.2. The van der Waals surface area contributed by atoms with Crippen molar-refractivity contribution in [2.24, 2.45) is 5.92 Å². The number of para-hydroxylation sites is 1. The van der Waals surface area contributed by atoms with E-state index in [9.17, 15) is 19.7 Å². The Labute approximate surface area is 141 Å². The Bertz CT molecular complexity index is 892. The SMILES string of the molecule is N#Cc1ccccc1NC(=O)C1CN(C(=O)c2ccc([N+](=O)[O-])o2)C1. The van der Waals surface area contributed by atoms with E-state index in [4.69, 9.17) is 9.68 Å². The first-order valence-electron chi connectivity index (χ1n) is 7.33. The van der Waals surface area contributed by atoms with Crippen LogP contribution in [0, 0.1) is 27.4 Å². The molecule has 1 aliphatic rings. The van der Waals surface area contributed by atoms with Crippen LogP contribution in [0.1, 0.15) is 16.1 Å². The van der Waals surface area contributed by atoms with Crippen LogP contribution in [0.3, 0.4) is 0 Å². The Hall–Kier alpha value is -3.67. The van der Waals surface area contributed by atoms with Crippen LogP contribution in [0.5, 0.6) is 0 Å². The summed E-state index contributed by atoms with van der Waals surface area (Å²) in [5.41, 5.74) is 0.771. The van der Waals surface area contributed by atoms with Gasteiger partial charge in [0.05, 0.1) is 23.2 Å². The number of furan rings is 1. The van der Waals surface area contributed by atoms with Gasteiger partial charge in [0.15, 0.2) is 5.76 Å². The zero-order chi connectivity index (χ0) is 18.0. The first-order valence-corrected chi connectivity index (χ1v) is 7.33. The Morgan fingerprint density at radius 3 is 2.64 bits per heavy atom. The predicted molar refractivity (Wildman–Crippen MR) is 84.5 cm³/mol. The van der Waals surface area contributed by atoms with E-state index in [1.807, 2.05) is 6.07 Å². The molecular weight excluding hydrogens is 328 g/mol. The van der Waals surface area contributed by atoms with Crippen LogP contribution < -0.4 is 5.32 Å². The van der Waals surface area contributed by atoms with Crippen LogP contribution in [0.25, 0.3) is 0 Å². The van der Waals surface area contributed by atoms with Gasteiger partial charge in [0.25, 0.3) is 5.91 Å². The van der Waals surface area contributed by atoms with Crippen molar-refractivity contribution < 1.29 is 18.9 Å². The maximum Gasteiger partial charge on any atom is 0.433 e.